The summed E-state index contributed by atoms with van der Waals surface area (Å²) in [5, 5.41) is 1.06. The van der Waals surface area contributed by atoms with E-state index in [4.69, 9.17) is 0 Å². The van der Waals surface area contributed by atoms with Crippen LogP contribution in [0.3, 0.4) is 0 Å². The fourth-order valence-corrected chi connectivity index (χ4v) is 4.08. The Balaban J connectivity index is 1.94. The van der Waals surface area contributed by atoms with Crippen molar-refractivity contribution in [3.05, 3.63) is 59.7 Å². The number of fused-ring (bicyclic) bond motifs is 1. The highest BCUT2D eigenvalue weighted by molar-refractivity contribution is 7.86. The highest BCUT2D eigenvalue weighted by Gasteiger charge is 2.33. The SMILES string of the molecule is Cc1cccc(C(C(=O)Nc2nc3ccccc3s2)S(=O)(=O)O)c1. The summed E-state index contributed by atoms with van der Waals surface area (Å²) in [5.74, 6) is -0.845. The second kappa shape index (κ2) is 6.31. The van der Waals surface area contributed by atoms with E-state index in [9.17, 15) is 17.8 Å². The molecule has 0 saturated heterocycles. The fourth-order valence-electron chi connectivity index (χ4n) is 2.39. The molecule has 0 saturated carbocycles. The monoisotopic (exact) mass is 362 g/mol. The Labute approximate surface area is 142 Å². The summed E-state index contributed by atoms with van der Waals surface area (Å²) in [4.78, 5) is 16.7. The van der Waals surface area contributed by atoms with E-state index in [2.05, 4.69) is 10.3 Å². The first kappa shape index (κ1) is 16.6. The number of nitrogens with zero attached hydrogens (tertiary/aromatic N) is 1. The van der Waals surface area contributed by atoms with Crippen molar-refractivity contribution in [3.8, 4) is 0 Å². The number of hydrogen-bond acceptors (Lipinski definition) is 5. The van der Waals surface area contributed by atoms with Crippen LogP contribution in [0.1, 0.15) is 16.4 Å². The zero-order chi connectivity index (χ0) is 17.3. The maximum atomic E-state index is 12.5. The van der Waals surface area contributed by atoms with Gasteiger partial charge in [0.1, 0.15) is 0 Å². The highest BCUT2D eigenvalue weighted by Crippen LogP contribution is 2.28. The Morgan fingerprint density at radius 2 is 1.96 bits per heavy atom. The van der Waals surface area contributed by atoms with Crippen LogP contribution in [-0.2, 0) is 14.9 Å². The number of carbonyl (C=O) groups is 1. The minimum atomic E-state index is -4.62. The summed E-state index contributed by atoms with van der Waals surface area (Å²) in [6.07, 6.45) is 0. The van der Waals surface area contributed by atoms with E-state index < -0.39 is 21.3 Å². The Morgan fingerprint density at radius 1 is 1.21 bits per heavy atom. The molecule has 0 radical (unpaired) electrons. The Hall–Kier alpha value is -2.29. The fraction of sp³-hybridized carbons (Fsp3) is 0.125. The third kappa shape index (κ3) is 3.45. The third-order valence-electron chi connectivity index (χ3n) is 3.40. The van der Waals surface area contributed by atoms with E-state index in [-0.39, 0.29) is 10.7 Å². The van der Waals surface area contributed by atoms with Gasteiger partial charge in [0.15, 0.2) is 10.4 Å². The zero-order valence-corrected chi connectivity index (χ0v) is 14.3. The maximum absolute atomic E-state index is 12.5. The van der Waals surface area contributed by atoms with Gasteiger partial charge in [-0.15, -0.1) is 0 Å². The van der Waals surface area contributed by atoms with Crippen LogP contribution in [0.5, 0.6) is 0 Å². The topological polar surface area (TPSA) is 96.4 Å². The van der Waals surface area contributed by atoms with Crippen LogP contribution in [0.25, 0.3) is 10.2 Å². The van der Waals surface area contributed by atoms with Gasteiger partial charge in [0.2, 0.25) is 0 Å². The molecular weight excluding hydrogens is 348 g/mol. The minimum absolute atomic E-state index is 0.205. The summed E-state index contributed by atoms with van der Waals surface area (Å²) in [5.41, 5.74) is 1.70. The lowest BCUT2D eigenvalue weighted by Gasteiger charge is -2.13. The molecule has 1 amide bonds. The normalized spacial score (nSPS) is 12.9. The van der Waals surface area contributed by atoms with Crippen molar-refractivity contribution in [2.45, 2.75) is 12.2 Å². The number of nitrogens with one attached hydrogen (secondary N) is 1. The minimum Gasteiger partial charge on any atom is -0.300 e. The standard InChI is InChI=1S/C16H14N2O4S2/c1-10-5-4-6-11(9-10)14(24(20,21)22)15(19)18-16-17-12-7-2-3-8-13(12)23-16/h2-9,14H,1H3,(H,17,18,19)(H,20,21,22). The van der Waals surface area contributed by atoms with Crippen molar-refractivity contribution in [2.24, 2.45) is 0 Å². The predicted molar refractivity (Wildman–Crippen MR) is 93.7 cm³/mol. The molecule has 6 nitrogen and oxygen atoms in total. The van der Waals surface area contributed by atoms with Gasteiger partial charge in [-0.1, -0.05) is 53.3 Å². The summed E-state index contributed by atoms with van der Waals surface area (Å²) >= 11 is 1.23. The lowest BCUT2D eigenvalue weighted by molar-refractivity contribution is -0.116. The van der Waals surface area contributed by atoms with Gasteiger partial charge in [0.05, 0.1) is 10.2 Å². The van der Waals surface area contributed by atoms with Gasteiger partial charge in [-0.3, -0.25) is 9.35 Å². The maximum Gasteiger partial charge on any atom is 0.281 e. The number of aromatic nitrogens is 1. The Morgan fingerprint density at radius 3 is 2.62 bits per heavy atom. The molecule has 0 aliphatic carbocycles. The van der Waals surface area contributed by atoms with E-state index >= 15 is 0 Å². The van der Waals surface area contributed by atoms with Gasteiger partial charge in [-0.2, -0.15) is 8.42 Å². The number of amides is 1. The molecule has 1 atom stereocenters. The van der Waals surface area contributed by atoms with Gasteiger partial charge in [-0.25, -0.2) is 4.98 Å². The smallest absolute Gasteiger partial charge is 0.281 e. The largest absolute Gasteiger partial charge is 0.300 e. The van der Waals surface area contributed by atoms with E-state index in [1.54, 1.807) is 31.2 Å². The number of rotatable bonds is 4. The van der Waals surface area contributed by atoms with Crippen molar-refractivity contribution < 1.29 is 17.8 Å². The first-order valence-electron chi connectivity index (χ1n) is 7.04. The molecule has 1 unspecified atom stereocenters. The number of aryl methyl sites for hydroxylation is 1. The molecule has 2 aromatic carbocycles. The molecular formula is C16H14N2O4S2. The van der Waals surface area contributed by atoms with Crippen LogP contribution in [0.2, 0.25) is 0 Å². The second-order valence-corrected chi connectivity index (χ2v) is 7.82. The van der Waals surface area contributed by atoms with Crippen molar-refractivity contribution in [2.75, 3.05) is 5.32 Å². The summed E-state index contributed by atoms with van der Waals surface area (Å²) in [7, 11) is -4.62. The van der Waals surface area contributed by atoms with Crippen LogP contribution < -0.4 is 5.32 Å². The van der Waals surface area contributed by atoms with Gasteiger partial charge in [0, 0.05) is 0 Å². The number of thiazole rings is 1. The Kier molecular flexibility index (Phi) is 4.35. The van der Waals surface area contributed by atoms with Crippen LogP contribution >= 0.6 is 11.3 Å². The predicted octanol–water partition coefficient (Wildman–Crippen LogP) is 3.17. The van der Waals surface area contributed by atoms with Crippen LogP contribution in [0.4, 0.5) is 5.13 Å². The van der Waals surface area contributed by atoms with Crippen molar-refractivity contribution >= 4 is 42.7 Å². The van der Waals surface area contributed by atoms with Gasteiger partial charge >= 0.3 is 0 Å². The number of hydrogen-bond donors (Lipinski definition) is 2. The molecule has 3 rings (SSSR count). The first-order valence-corrected chi connectivity index (χ1v) is 9.36. The lowest BCUT2D eigenvalue weighted by atomic mass is 10.1. The molecule has 0 aliphatic heterocycles. The first-order chi connectivity index (χ1) is 11.3. The van der Waals surface area contributed by atoms with Crippen molar-refractivity contribution in [1.29, 1.82) is 0 Å². The molecule has 24 heavy (non-hydrogen) atoms. The molecule has 124 valence electrons. The van der Waals surface area contributed by atoms with E-state index in [1.807, 2.05) is 18.2 Å². The molecule has 2 N–H and O–H groups in total. The quantitative estimate of drug-likeness (QED) is 0.695. The molecule has 8 heteroatoms. The third-order valence-corrected chi connectivity index (χ3v) is 5.44. The Bertz CT molecular complexity index is 979. The molecule has 1 aromatic heterocycles. The molecule has 0 spiro atoms. The van der Waals surface area contributed by atoms with Gasteiger partial charge < -0.3 is 5.32 Å². The second-order valence-electron chi connectivity index (χ2n) is 5.29. The average molecular weight is 362 g/mol. The van der Waals surface area contributed by atoms with Crippen LogP contribution in [-0.4, -0.2) is 23.9 Å². The van der Waals surface area contributed by atoms with Gasteiger partial charge in [0.25, 0.3) is 16.0 Å². The molecule has 0 fully saturated rings. The molecule has 0 aliphatic rings. The average Bonchev–Trinajstić information content (AvgIpc) is 2.87. The van der Waals surface area contributed by atoms with Crippen molar-refractivity contribution in [1.82, 2.24) is 4.98 Å². The molecule has 3 aromatic rings. The van der Waals surface area contributed by atoms with E-state index in [0.717, 1.165) is 10.3 Å². The molecule has 1 heterocycles. The number of benzene rings is 2. The number of carbonyl (C=O) groups excluding carboxylic acids is 1. The highest BCUT2D eigenvalue weighted by atomic mass is 32.2. The summed E-state index contributed by atoms with van der Waals surface area (Å²) in [6, 6.07) is 13.8. The van der Waals surface area contributed by atoms with Gasteiger partial charge in [-0.05, 0) is 24.6 Å². The van der Waals surface area contributed by atoms with E-state index in [0.29, 0.717) is 5.52 Å². The van der Waals surface area contributed by atoms with Crippen molar-refractivity contribution in [3.63, 3.8) is 0 Å². The summed E-state index contributed by atoms with van der Waals surface area (Å²) < 4.78 is 33.8. The number of anilines is 1. The van der Waals surface area contributed by atoms with Crippen LogP contribution in [0, 0.1) is 6.92 Å². The van der Waals surface area contributed by atoms with E-state index in [1.165, 1.54) is 17.4 Å². The number of para-hydroxylation sites is 1. The summed E-state index contributed by atoms with van der Waals surface area (Å²) in [6.45, 7) is 1.77. The van der Waals surface area contributed by atoms with Crippen LogP contribution in [0.15, 0.2) is 48.5 Å². The lowest BCUT2D eigenvalue weighted by Crippen LogP contribution is -2.27. The molecule has 0 bridgehead atoms. The zero-order valence-electron chi connectivity index (χ0n) is 12.6.